The second kappa shape index (κ2) is 7.90. The Morgan fingerprint density at radius 1 is 1.30 bits per heavy atom. The molecule has 0 bridgehead atoms. The van der Waals surface area contributed by atoms with Crippen molar-refractivity contribution in [3.63, 3.8) is 0 Å². The number of nitrogens with zero attached hydrogens (tertiary/aromatic N) is 1. The number of carbonyl (C=O) groups excluding carboxylic acids is 1. The Kier molecular flexibility index (Phi) is 6.15. The van der Waals surface area contributed by atoms with E-state index in [1.165, 1.54) is 4.31 Å². The maximum atomic E-state index is 12.5. The van der Waals surface area contributed by atoms with Crippen molar-refractivity contribution in [1.29, 1.82) is 0 Å². The van der Waals surface area contributed by atoms with E-state index < -0.39 is 10.2 Å². The van der Waals surface area contributed by atoms with Gasteiger partial charge >= 0.3 is 0 Å². The summed E-state index contributed by atoms with van der Waals surface area (Å²) in [5.41, 5.74) is 1.10. The zero-order chi connectivity index (χ0) is 16.9. The highest BCUT2D eigenvalue weighted by Gasteiger charge is 2.30. The van der Waals surface area contributed by atoms with Crippen LogP contribution in [0, 0.1) is 5.92 Å². The number of carbonyl (C=O) groups is 1. The first-order valence-electron chi connectivity index (χ1n) is 8.05. The van der Waals surface area contributed by atoms with Crippen LogP contribution in [0.2, 0.25) is 0 Å². The topological polar surface area (TPSA) is 92.5 Å². The van der Waals surface area contributed by atoms with Crippen LogP contribution in [0.3, 0.4) is 0 Å². The van der Waals surface area contributed by atoms with Crippen LogP contribution in [-0.4, -0.2) is 31.7 Å². The molecule has 128 valence electrons. The van der Waals surface area contributed by atoms with E-state index in [0.29, 0.717) is 25.9 Å². The molecular weight excluding hydrogens is 314 g/mol. The summed E-state index contributed by atoms with van der Waals surface area (Å²) in [5.74, 6) is -0.155. The molecule has 1 amide bonds. The summed E-state index contributed by atoms with van der Waals surface area (Å²) in [7, 11) is -3.65. The van der Waals surface area contributed by atoms with Crippen molar-refractivity contribution in [1.82, 2.24) is 9.62 Å². The lowest BCUT2D eigenvalue weighted by Gasteiger charge is -2.30. The Balaban J connectivity index is 1.95. The lowest BCUT2D eigenvalue weighted by molar-refractivity contribution is -0.127. The molecule has 0 radical (unpaired) electrons. The number of benzene rings is 1. The van der Waals surface area contributed by atoms with E-state index in [1.807, 2.05) is 30.3 Å². The lowest BCUT2D eigenvalue weighted by Crippen LogP contribution is -2.45. The SMILES string of the molecule is CCC[C@H](NC(=O)C1CCN(S(N)(=O)=O)CC1)c1ccccc1. The minimum Gasteiger partial charge on any atom is -0.349 e. The Labute approximate surface area is 138 Å². The molecular formula is C16H25N3O3S. The van der Waals surface area contributed by atoms with Gasteiger partial charge in [0.25, 0.3) is 10.2 Å². The van der Waals surface area contributed by atoms with Gasteiger partial charge in [0.2, 0.25) is 5.91 Å². The molecule has 1 saturated heterocycles. The fourth-order valence-corrected chi connectivity index (χ4v) is 3.68. The van der Waals surface area contributed by atoms with Gasteiger partial charge in [0, 0.05) is 19.0 Å². The van der Waals surface area contributed by atoms with Gasteiger partial charge in [-0.2, -0.15) is 12.7 Å². The summed E-state index contributed by atoms with van der Waals surface area (Å²) in [6, 6.07) is 9.93. The van der Waals surface area contributed by atoms with E-state index in [9.17, 15) is 13.2 Å². The molecule has 23 heavy (non-hydrogen) atoms. The maximum Gasteiger partial charge on any atom is 0.276 e. The number of nitrogens with two attached hydrogens (primary N) is 1. The molecule has 1 fully saturated rings. The van der Waals surface area contributed by atoms with Gasteiger partial charge in [-0.05, 0) is 24.8 Å². The van der Waals surface area contributed by atoms with E-state index in [0.717, 1.165) is 18.4 Å². The zero-order valence-electron chi connectivity index (χ0n) is 13.4. The van der Waals surface area contributed by atoms with Gasteiger partial charge < -0.3 is 5.32 Å². The third-order valence-corrected chi connectivity index (χ3v) is 5.37. The summed E-state index contributed by atoms with van der Waals surface area (Å²) < 4.78 is 23.9. The molecule has 0 aliphatic carbocycles. The average molecular weight is 339 g/mol. The number of hydrogen-bond acceptors (Lipinski definition) is 3. The maximum absolute atomic E-state index is 12.5. The highest BCUT2D eigenvalue weighted by molar-refractivity contribution is 7.86. The molecule has 1 heterocycles. The van der Waals surface area contributed by atoms with Crippen LogP contribution in [0.15, 0.2) is 30.3 Å². The van der Waals surface area contributed by atoms with E-state index in [2.05, 4.69) is 12.2 Å². The molecule has 1 aliphatic rings. The van der Waals surface area contributed by atoms with Crippen molar-refractivity contribution >= 4 is 16.1 Å². The molecule has 2 rings (SSSR count). The van der Waals surface area contributed by atoms with E-state index in [1.54, 1.807) is 0 Å². The number of rotatable bonds is 6. The van der Waals surface area contributed by atoms with Gasteiger partial charge in [-0.1, -0.05) is 43.7 Å². The third-order valence-electron chi connectivity index (χ3n) is 4.28. The normalized spacial score (nSPS) is 18.5. The van der Waals surface area contributed by atoms with Crippen LogP contribution < -0.4 is 10.5 Å². The molecule has 7 heteroatoms. The van der Waals surface area contributed by atoms with Crippen LogP contribution in [0.4, 0.5) is 0 Å². The van der Waals surface area contributed by atoms with Crippen molar-refractivity contribution in [3.8, 4) is 0 Å². The molecule has 6 nitrogen and oxygen atoms in total. The largest absolute Gasteiger partial charge is 0.349 e. The Morgan fingerprint density at radius 3 is 2.43 bits per heavy atom. The van der Waals surface area contributed by atoms with Crippen molar-refractivity contribution in [2.24, 2.45) is 11.1 Å². The number of piperidine rings is 1. The predicted octanol–water partition coefficient (Wildman–Crippen LogP) is 1.56. The van der Waals surface area contributed by atoms with Gasteiger partial charge in [-0.25, -0.2) is 5.14 Å². The van der Waals surface area contributed by atoms with Crippen LogP contribution in [0.25, 0.3) is 0 Å². The zero-order valence-corrected chi connectivity index (χ0v) is 14.3. The molecule has 3 N–H and O–H groups in total. The fraction of sp³-hybridized carbons (Fsp3) is 0.562. The van der Waals surface area contributed by atoms with Crippen molar-refractivity contribution in [2.45, 2.75) is 38.6 Å². The first-order chi connectivity index (χ1) is 10.9. The van der Waals surface area contributed by atoms with E-state index in [-0.39, 0.29) is 17.9 Å². The van der Waals surface area contributed by atoms with Crippen molar-refractivity contribution in [2.75, 3.05) is 13.1 Å². The molecule has 1 aliphatic heterocycles. The summed E-state index contributed by atoms with van der Waals surface area (Å²) in [4.78, 5) is 12.5. The quantitative estimate of drug-likeness (QED) is 0.824. The smallest absolute Gasteiger partial charge is 0.276 e. The predicted molar refractivity (Wildman–Crippen MR) is 89.6 cm³/mol. The standard InChI is InChI=1S/C16H25N3O3S/c1-2-6-15(13-7-4-3-5-8-13)18-16(20)14-9-11-19(12-10-14)23(17,21)22/h3-5,7-8,14-15H,2,6,9-12H2,1H3,(H,18,20)(H2,17,21,22)/t15-/m0/s1. The Morgan fingerprint density at radius 2 is 1.91 bits per heavy atom. The first kappa shape index (κ1) is 17.9. The van der Waals surface area contributed by atoms with Gasteiger partial charge in [-0.15, -0.1) is 0 Å². The lowest BCUT2D eigenvalue weighted by atomic mass is 9.95. The second-order valence-corrected chi connectivity index (χ2v) is 7.53. The van der Waals surface area contributed by atoms with Gasteiger partial charge in [-0.3, -0.25) is 4.79 Å². The molecule has 0 unspecified atom stereocenters. The minimum atomic E-state index is -3.65. The van der Waals surface area contributed by atoms with E-state index in [4.69, 9.17) is 5.14 Å². The van der Waals surface area contributed by atoms with Crippen LogP contribution in [-0.2, 0) is 15.0 Å². The fourth-order valence-electron chi connectivity index (χ4n) is 2.96. The Bertz CT molecular complexity index is 611. The van der Waals surface area contributed by atoms with Gasteiger partial charge in [0.05, 0.1) is 6.04 Å². The molecule has 1 aromatic rings. The highest BCUT2D eigenvalue weighted by atomic mass is 32.2. The molecule has 1 atom stereocenters. The summed E-state index contributed by atoms with van der Waals surface area (Å²) in [5, 5.41) is 8.24. The van der Waals surface area contributed by atoms with Crippen LogP contribution in [0.5, 0.6) is 0 Å². The van der Waals surface area contributed by atoms with Gasteiger partial charge in [0.1, 0.15) is 0 Å². The number of nitrogens with one attached hydrogen (secondary N) is 1. The second-order valence-electron chi connectivity index (χ2n) is 5.98. The molecule has 0 spiro atoms. The molecule has 1 aromatic carbocycles. The Hall–Kier alpha value is -1.44. The van der Waals surface area contributed by atoms with Gasteiger partial charge in [0.15, 0.2) is 0 Å². The van der Waals surface area contributed by atoms with Crippen molar-refractivity contribution < 1.29 is 13.2 Å². The minimum absolute atomic E-state index is 0.00127. The summed E-state index contributed by atoms with van der Waals surface area (Å²) >= 11 is 0. The summed E-state index contributed by atoms with van der Waals surface area (Å²) in [6.45, 7) is 2.70. The van der Waals surface area contributed by atoms with Crippen LogP contribution in [0.1, 0.15) is 44.2 Å². The number of amides is 1. The number of hydrogen-bond donors (Lipinski definition) is 2. The van der Waals surface area contributed by atoms with Crippen LogP contribution >= 0.6 is 0 Å². The monoisotopic (exact) mass is 339 g/mol. The summed E-state index contributed by atoms with van der Waals surface area (Å²) in [6.07, 6.45) is 2.88. The van der Waals surface area contributed by atoms with E-state index >= 15 is 0 Å². The van der Waals surface area contributed by atoms with Crippen molar-refractivity contribution in [3.05, 3.63) is 35.9 Å². The highest BCUT2D eigenvalue weighted by Crippen LogP contribution is 2.22. The average Bonchev–Trinajstić information content (AvgIpc) is 2.54. The first-order valence-corrected chi connectivity index (χ1v) is 9.55. The third kappa shape index (κ3) is 5.02. The molecule has 0 saturated carbocycles. The molecule has 0 aromatic heterocycles.